The average Bonchev–Trinajstić information content (AvgIpc) is 2.65. The molecule has 2 nitrogen and oxygen atoms in total. The Morgan fingerprint density at radius 1 is 1.40 bits per heavy atom. The smallest absolute Gasteiger partial charge is 0.130 e. The molecule has 0 amide bonds. The molecule has 2 aromatic rings. The molecule has 2 heterocycles. The van der Waals surface area contributed by atoms with Crippen molar-refractivity contribution in [1.29, 1.82) is 0 Å². The molecule has 1 unspecified atom stereocenters. The quantitative estimate of drug-likeness (QED) is 0.918. The van der Waals surface area contributed by atoms with Crippen molar-refractivity contribution in [2.24, 2.45) is 0 Å². The monoisotopic (exact) mass is 283 g/mol. The van der Waals surface area contributed by atoms with Crippen LogP contribution in [-0.2, 0) is 0 Å². The van der Waals surface area contributed by atoms with Crippen LogP contribution in [0.1, 0.15) is 22.2 Å². The highest BCUT2D eigenvalue weighted by Crippen LogP contribution is 2.28. The molecular formula is C11H10BrNOS. The molecular weight excluding hydrogens is 274 g/mol. The zero-order valence-electron chi connectivity index (χ0n) is 8.14. The van der Waals surface area contributed by atoms with E-state index < -0.39 is 6.10 Å². The van der Waals surface area contributed by atoms with Gasteiger partial charge in [0.1, 0.15) is 6.10 Å². The van der Waals surface area contributed by atoms with Crippen molar-refractivity contribution < 1.29 is 5.11 Å². The summed E-state index contributed by atoms with van der Waals surface area (Å²) < 4.78 is 0.918. The topological polar surface area (TPSA) is 33.1 Å². The van der Waals surface area contributed by atoms with Gasteiger partial charge in [0.15, 0.2) is 0 Å². The van der Waals surface area contributed by atoms with Crippen molar-refractivity contribution in [1.82, 2.24) is 4.98 Å². The predicted molar refractivity (Wildman–Crippen MR) is 65.1 cm³/mol. The number of thiophene rings is 1. The Kier molecular flexibility index (Phi) is 3.19. The van der Waals surface area contributed by atoms with Gasteiger partial charge in [0, 0.05) is 15.5 Å². The summed E-state index contributed by atoms with van der Waals surface area (Å²) in [4.78, 5) is 5.15. The fourth-order valence-corrected chi connectivity index (χ4v) is 2.50. The fraction of sp³-hybridized carbons (Fsp3) is 0.182. The third-order valence-electron chi connectivity index (χ3n) is 2.18. The molecule has 0 aliphatic heterocycles. The molecule has 0 saturated heterocycles. The van der Waals surface area contributed by atoms with Crippen LogP contribution in [0.25, 0.3) is 0 Å². The first-order valence-corrected chi connectivity index (χ1v) is 6.19. The minimum absolute atomic E-state index is 0.613. The fourth-order valence-electron chi connectivity index (χ4n) is 1.35. The van der Waals surface area contributed by atoms with E-state index in [-0.39, 0.29) is 0 Å². The first-order chi connectivity index (χ1) is 7.18. The normalized spacial score (nSPS) is 12.7. The molecule has 0 aliphatic carbocycles. The first kappa shape index (κ1) is 10.8. The van der Waals surface area contributed by atoms with Gasteiger partial charge in [-0.1, -0.05) is 0 Å². The third kappa shape index (κ3) is 2.27. The zero-order chi connectivity index (χ0) is 10.8. The van der Waals surface area contributed by atoms with E-state index in [1.54, 1.807) is 17.5 Å². The molecule has 1 N–H and O–H groups in total. The van der Waals surface area contributed by atoms with E-state index in [1.165, 1.54) is 0 Å². The van der Waals surface area contributed by atoms with E-state index >= 15 is 0 Å². The summed E-state index contributed by atoms with van der Waals surface area (Å²) in [7, 11) is 0. The second kappa shape index (κ2) is 4.43. The van der Waals surface area contributed by atoms with Crippen LogP contribution in [-0.4, -0.2) is 10.1 Å². The Hall–Kier alpha value is -0.710. The molecule has 0 bridgehead atoms. The third-order valence-corrected chi connectivity index (χ3v) is 3.72. The number of rotatable bonds is 2. The van der Waals surface area contributed by atoms with Crippen LogP contribution in [0.3, 0.4) is 0 Å². The van der Waals surface area contributed by atoms with Crippen molar-refractivity contribution in [3.05, 3.63) is 50.4 Å². The summed E-state index contributed by atoms with van der Waals surface area (Å²) >= 11 is 4.87. The lowest BCUT2D eigenvalue weighted by atomic mass is 10.1. The number of aryl methyl sites for hydroxylation is 1. The largest absolute Gasteiger partial charge is 0.381 e. The second-order valence-corrected chi connectivity index (χ2v) is 5.14. The predicted octanol–water partition coefficient (Wildman–Crippen LogP) is 3.30. The van der Waals surface area contributed by atoms with Gasteiger partial charge in [-0.25, -0.2) is 0 Å². The van der Waals surface area contributed by atoms with Crippen molar-refractivity contribution in [2.75, 3.05) is 0 Å². The number of aromatic nitrogens is 1. The highest BCUT2D eigenvalue weighted by molar-refractivity contribution is 9.10. The van der Waals surface area contributed by atoms with Gasteiger partial charge in [-0.15, -0.1) is 11.3 Å². The standard InChI is InChI=1S/C11H10BrNOS/c1-7-4-5-15-11(7)10(14)9-3-2-8(12)6-13-9/h2-6,10,14H,1H3. The Bertz CT molecular complexity index is 452. The minimum atomic E-state index is -0.613. The summed E-state index contributed by atoms with van der Waals surface area (Å²) in [6.07, 6.45) is 1.08. The van der Waals surface area contributed by atoms with Gasteiger partial charge in [-0.2, -0.15) is 0 Å². The molecule has 2 rings (SSSR count). The van der Waals surface area contributed by atoms with E-state index in [9.17, 15) is 5.11 Å². The molecule has 0 aliphatic rings. The van der Waals surface area contributed by atoms with Gasteiger partial charge in [-0.05, 0) is 52.0 Å². The van der Waals surface area contributed by atoms with Crippen LogP contribution < -0.4 is 0 Å². The summed E-state index contributed by atoms with van der Waals surface area (Å²) in [6, 6.07) is 5.71. The Morgan fingerprint density at radius 2 is 2.20 bits per heavy atom. The van der Waals surface area contributed by atoms with Crippen LogP contribution in [0, 0.1) is 6.92 Å². The van der Waals surface area contributed by atoms with E-state index in [1.807, 2.05) is 30.5 Å². The Labute approximate surface area is 101 Å². The van der Waals surface area contributed by atoms with Crippen LogP contribution in [0.5, 0.6) is 0 Å². The summed E-state index contributed by atoms with van der Waals surface area (Å²) in [6.45, 7) is 1.99. The van der Waals surface area contributed by atoms with Gasteiger partial charge >= 0.3 is 0 Å². The van der Waals surface area contributed by atoms with E-state index in [2.05, 4.69) is 20.9 Å². The summed E-state index contributed by atoms with van der Waals surface area (Å²) in [5, 5.41) is 12.1. The molecule has 0 aromatic carbocycles. The minimum Gasteiger partial charge on any atom is -0.381 e. The average molecular weight is 284 g/mol. The number of halogens is 1. The van der Waals surface area contributed by atoms with Gasteiger partial charge in [0.2, 0.25) is 0 Å². The molecule has 0 fully saturated rings. The molecule has 4 heteroatoms. The highest BCUT2D eigenvalue weighted by Gasteiger charge is 2.14. The van der Waals surface area contributed by atoms with Gasteiger partial charge in [-0.3, -0.25) is 4.98 Å². The van der Waals surface area contributed by atoms with E-state index in [4.69, 9.17) is 0 Å². The maximum absolute atomic E-state index is 10.1. The van der Waals surface area contributed by atoms with Crippen LogP contribution in [0.15, 0.2) is 34.2 Å². The van der Waals surface area contributed by atoms with E-state index in [0.717, 1.165) is 14.9 Å². The summed E-state index contributed by atoms with van der Waals surface area (Å²) in [5.41, 5.74) is 1.79. The van der Waals surface area contributed by atoms with E-state index in [0.29, 0.717) is 5.69 Å². The number of aliphatic hydroxyl groups excluding tert-OH is 1. The van der Waals surface area contributed by atoms with Gasteiger partial charge in [0.05, 0.1) is 5.69 Å². The van der Waals surface area contributed by atoms with Crippen LogP contribution >= 0.6 is 27.3 Å². The molecule has 15 heavy (non-hydrogen) atoms. The lowest BCUT2D eigenvalue weighted by Gasteiger charge is -2.09. The zero-order valence-corrected chi connectivity index (χ0v) is 10.5. The number of nitrogens with zero attached hydrogens (tertiary/aromatic N) is 1. The Morgan fingerprint density at radius 3 is 2.73 bits per heavy atom. The maximum Gasteiger partial charge on any atom is 0.130 e. The number of pyridine rings is 1. The maximum atomic E-state index is 10.1. The van der Waals surface area contributed by atoms with Crippen molar-refractivity contribution >= 4 is 27.3 Å². The SMILES string of the molecule is Cc1ccsc1C(O)c1ccc(Br)cn1. The number of hydrogen-bond donors (Lipinski definition) is 1. The van der Waals surface area contributed by atoms with Crippen molar-refractivity contribution in [2.45, 2.75) is 13.0 Å². The molecule has 78 valence electrons. The lowest BCUT2D eigenvalue weighted by Crippen LogP contribution is -2.01. The van der Waals surface area contributed by atoms with Gasteiger partial charge < -0.3 is 5.11 Å². The lowest BCUT2D eigenvalue weighted by molar-refractivity contribution is 0.218. The van der Waals surface area contributed by atoms with Gasteiger partial charge in [0.25, 0.3) is 0 Å². The number of hydrogen-bond acceptors (Lipinski definition) is 3. The molecule has 2 aromatic heterocycles. The van der Waals surface area contributed by atoms with Crippen LogP contribution in [0.2, 0.25) is 0 Å². The first-order valence-electron chi connectivity index (χ1n) is 4.52. The number of aliphatic hydroxyl groups is 1. The second-order valence-electron chi connectivity index (χ2n) is 3.27. The van der Waals surface area contributed by atoms with Crippen LogP contribution in [0.4, 0.5) is 0 Å². The molecule has 0 radical (unpaired) electrons. The highest BCUT2D eigenvalue weighted by atomic mass is 79.9. The molecule has 0 saturated carbocycles. The van der Waals surface area contributed by atoms with Crippen molar-refractivity contribution in [3.63, 3.8) is 0 Å². The molecule has 0 spiro atoms. The molecule has 1 atom stereocenters. The van der Waals surface area contributed by atoms with Crippen molar-refractivity contribution in [3.8, 4) is 0 Å². The Balaban J connectivity index is 2.32. The summed E-state index contributed by atoms with van der Waals surface area (Å²) in [5.74, 6) is 0.